The minimum absolute atomic E-state index is 0.565. The third-order valence-corrected chi connectivity index (χ3v) is 12.9. The molecule has 274 valence electrons. The van der Waals surface area contributed by atoms with Crippen LogP contribution in [0.5, 0.6) is 0 Å². The van der Waals surface area contributed by atoms with E-state index in [4.69, 9.17) is 8.83 Å². The highest BCUT2D eigenvalue weighted by Crippen LogP contribution is 2.58. The zero-order chi connectivity index (χ0) is 38.7. The van der Waals surface area contributed by atoms with Crippen molar-refractivity contribution < 1.29 is 8.83 Å². The van der Waals surface area contributed by atoms with Crippen molar-refractivity contribution >= 4 is 65.4 Å². The van der Waals surface area contributed by atoms with E-state index >= 15 is 0 Å². The normalized spacial score (nSPS) is 13.2. The highest BCUT2D eigenvalue weighted by atomic mass is 16.3. The molecule has 0 N–H and O–H groups in total. The van der Waals surface area contributed by atoms with Gasteiger partial charge in [-0.05, 0) is 132 Å². The molecule has 0 aliphatic heterocycles. The number of rotatable bonds is 4. The summed E-state index contributed by atoms with van der Waals surface area (Å²) in [4.78, 5) is 0. The number of furan rings is 2. The van der Waals surface area contributed by atoms with E-state index in [-0.39, 0.29) is 0 Å². The van der Waals surface area contributed by atoms with Crippen molar-refractivity contribution in [3.63, 3.8) is 0 Å². The fourth-order valence-corrected chi connectivity index (χ4v) is 10.3. The lowest BCUT2D eigenvalue weighted by Crippen LogP contribution is -2.28. The van der Waals surface area contributed by atoms with Gasteiger partial charge in [0.2, 0.25) is 0 Å². The van der Waals surface area contributed by atoms with Crippen molar-refractivity contribution in [3.8, 4) is 33.4 Å². The van der Waals surface area contributed by atoms with E-state index in [1.54, 1.807) is 0 Å². The van der Waals surface area contributed by atoms with E-state index in [9.17, 15) is 0 Å². The zero-order valence-corrected chi connectivity index (χ0v) is 31.9. The summed E-state index contributed by atoms with van der Waals surface area (Å²) in [5, 5.41) is 9.38. The third-order valence-electron chi connectivity index (χ3n) is 12.9. The Labute approximate surface area is 340 Å². The van der Waals surface area contributed by atoms with Crippen LogP contribution in [0.1, 0.15) is 22.3 Å². The molecule has 1 aliphatic rings. The Morgan fingerprint density at radius 2 is 0.898 bits per heavy atom. The number of hydrogen-bond acceptors (Lipinski definition) is 2. The van der Waals surface area contributed by atoms with Gasteiger partial charge < -0.3 is 8.83 Å². The Balaban J connectivity index is 1.09. The third kappa shape index (κ3) is 4.57. The highest BCUT2D eigenvalue weighted by molar-refractivity contribution is 6.16. The molecule has 0 spiro atoms. The predicted molar refractivity (Wildman–Crippen MR) is 244 cm³/mol. The van der Waals surface area contributed by atoms with Gasteiger partial charge in [0.25, 0.3) is 0 Å². The average Bonchev–Trinajstić information content (AvgIpc) is 3.95. The van der Waals surface area contributed by atoms with E-state index in [1.165, 1.54) is 77.2 Å². The molecular weight excluding hydrogens is 717 g/mol. The maximum Gasteiger partial charge on any atom is 0.136 e. The number of fused-ring (bicyclic) bond motifs is 11. The summed E-state index contributed by atoms with van der Waals surface area (Å²) < 4.78 is 12.8. The van der Waals surface area contributed by atoms with Crippen molar-refractivity contribution in [2.45, 2.75) is 5.41 Å². The van der Waals surface area contributed by atoms with Crippen LogP contribution in [0.3, 0.4) is 0 Å². The lowest BCUT2D eigenvalue weighted by atomic mass is 9.67. The number of hydrogen-bond donors (Lipinski definition) is 0. The molecule has 0 atom stereocenters. The smallest absolute Gasteiger partial charge is 0.136 e. The molecule has 1 aliphatic carbocycles. The number of para-hydroxylation sites is 1. The van der Waals surface area contributed by atoms with Gasteiger partial charge >= 0.3 is 0 Å². The lowest BCUT2D eigenvalue weighted by molar-refractivity contribution is 0.669. The molecule has 59 heavy (non-hydrogen) atoms. The van der Waals surface area contributed by atoms with E-state index < -0.39 is 5.41 Å². The molecule has 10 aromatic carbocycles. The average molecular weight is 751 g/mol. The van der Waals surface area contributed by atoms with Gasteiger partial charge in [-0.25, -0.2) is 0 Å². The van der Waals surface area contributed by atoms with Crippen LogP contribution in [-0.2, 0) is 5.41 Å². The SMILES string of the molecule is c1ccc(C2(c3ccccc3)c3cc(-c4cccc5oc6cc7ccccc7cc6c45)ccc3-c3cc4c(-c5ccc6oc7ccccc7c6c5)cccc4cc32)cc1. The summed E-state index contributed by atoms with van der Waals surface area (Å²) in [5.41, 5.74) is 15.3. The van der Waals surface area contributed by atoms with Crippen LogP contribution in [-0.4, -0.2) is 0 Å². The molecule has 2 aromatic heterocycles. The summed E-state index contributed by atoms with van der Waals surface area (Å²) in [5.74, 6) is 0. The number of benzene rings is 10. The molecule has 0 saturated carbocycles. The summed E-state index contributed by atoms with van der Waals surface area (Å²) in [6.45, 7) is 0. The van der Waals surface area contributed by atoms with Gasteiger partial charge in [0.1, 0.15) is 22.3 Å². The topological polar surface area (TPSA) is 26.3 Å². The molecule has 0 fully saturated rings. The lowest BCUT2D eigenvalue weighted by Gasteiger charge is -2.34. The van der Waals surface area contributed by atoms with Gasteiger partial charge in [0.15, 0.2) is 0 Å². The van der Waals surface area contributed by atoms with Gasteiger partial charge in [-0.3, -0.25) is 0 Å². The van der Waals surface area contributed by atoms with Crippen LogP contribution in [0, 0.1) is 0 Å². The fourth-order valence-electron chi connectivity index (χ4n) is 10.3. The second kappa shape index (κ2) is 12.2. The van der Waals surface area contributed by atoms with Gasteiger partial charge in [-0.1, -0.05) is 152 Å². The van der Waals surface area contributed by atoms with Crippen LogP contribution < -0.4 is 0 Å². The van der Waals surface area contributed by atoms with Crippen molar-refractivity contribution in [1.82, 2.24) is 0 Å². The van der Waals surface area contributed by atoms with Crippen molar-refractivity contribution in [2.24, 2.45) is 0 Å². The molecular formula is C57H34O2. The molecule has 12 aromatic rings. The molecule has 2 nitrogen and oxygen atoms in total. The van der Waals surface area contributed by atoms with E-state index in [2.05, 4.69) is 194 Å². The minimum Gasteiger partial charge on any atom is -0.456 e. The molecule has 0 bridgehead atoms. The highest BCUT2D eigenvalue weighted by Gasteiger charge is 2.46. The van der Waals surface area contributed by atoms with Gasteiger partial charge in [0, 0.05) is 21.5 Å². The maximum atomic E-state index is 6.57. The van der Waals surface area contributed by atoms with Gasteiger partial charge in [-0.2, -0.15) is 0 Å². The molecule has 2 heteroatoms. The first-order chi connectivity index (χ1) is 29.2. The monoisotopic (exact) mass is 750 g/mol. The van der Waals surface area contributed by atoms with Crippen LogP contribution in [0.2, 0.25) is 0 Å². The summed E-state index contributed by atoms with van der Waals surface area (Å²) >= 11 is 0. The first-order valence-electron chi connectivity index (χ1n) is 20.3. The summed E-state index contributed by atoms with van der Waals surface area (Å²) in [6, 6.07) is 75.4. The van der Waals surface area contributed by atoms with Gasteiger partial charge in [-0.15, -0.1) is 0 Å². The Morgan fingerprint density at radius 3 is 1.73 bits per heavy atom. The van der Waals surface area contributed by atoms with E-state index in [0.717, 1.165) is 43.9 Å². The van der Waals surface area contributed by atoms with Crippen LogP contribution >= 0.6 is 0 Å². The van der Waals surface area contributed by atoms with E-state index in [1.807, 2.05) is 12.1 Å². The van der Waals surface area contributed by atoms with Crippen LogP contribution in [0.25, 0.3) is 98.8 Å². The molecule has 0 unspecified atom stereocenters. The van der Waals surface area contributed by atoms with Crippen molar-refractivity contribution in [2.75, 3.05) is 0 Å². The van der Waals surface area contributed by atoms with Crippen molar-refractivity contribution in [1.29, 1.82) is 0 Å². The largest absolute Gasteiger partial charge is 0.456 e. The minimum atomic E-state index is -0.565. The Hall–Kier alpha value is -7.68. The molecule has 0 radical (unpaired) electrons. The Kier molecular flexibility index (Phi) is 6.68. The standard InChI is InChI=1S/C57H34O2/c1-3-16-40(17-4-1)57(41-18-5-2-6-19-41)50-32-39(43-22-12-24-54-56(43)49-29-35-13-7-8-14-36(35)33-55(49)59-54)25-27-44(50)47-34-46-37(31-51(47)57)15-11-21-42(46)38-26-28-53-48(30-38)45-20-9-10-23-52(45)58-53/h1-34H. The van der Waals surface area contributed by atoms with Crippen molar-refractivity contribution in [3.05, 3.63) is 229 Å². The van der Waals surface area contributed by atoms with E-state index in [0.29, 0.717) is 0 Å². The van der Waals surface area contributed by atoms with Crippen LogP contribution in [0.15, 0.2) is 215 Å². The second-order valence-corrected chi connectivity index (χ2v) is 16.0. The predicted octanol–water partition coefficient (Wildman–Crippen LogP) is 15.5. The first kappa shape index (κ1) is 32.4. The van der Waals surface area contributed by atoms with Crippen LogP contribution in [0.4, 0.5) is 0 Å². The first-order valence-corrected chi connectivity index (χ1v) is 20.3. The maximum absolute atomic E-state index is 6.57. The summed E-state index contributed by atoms with van der Waals surface area (Å²) in [6.07, 6.45) is 0. The summed E-state index contributed by atoms with van der Waals surface area (Å²) in [7, 11) is 0. The molecule has 2 heterocycles. The van der Waals surface area contributed by atoms with Gasteiger partial charge in [0.05, 0.1) is 5.41 Å². The molecule has 0 amide bonds. The Bertz CT molecular complexity index is 3620. The second-order valence-electron chi connectivity index (χ2n) is 16.0. The quantitative estimate of drug-likeness (QED) is 0.179. The fraction of sp³-hybridized carbons (Fsp3) is 0.0175. The Morgan fingerprint density at radius 1 is 0.288 bits per heavy atom. The molecule has 0 saturated heterocycles. The molecule has 13 rings (SSSR count). The zero-order valence-electron chi connectivity index (χ0n) is 31.9.